The van der Waals surface area contributed by atoms with Gasteiger partial charge in [-0.2, -0.15) is 5.26 Å². The number of nitriles is 1. The van der Waals surface area contributed by atoms with Gasteiger partial charge in [-0.1, -0.05) is 0 Å². The van der Waals surface area contributed by atoms with Crippen LogP contribution in [0.4, 0.5) is 20.2 Å². The van der Waals surface area contributed by atoms with E-state index in [4.69, 9.17) is 4.74 Å². The lowest BCUT2D eigenvalue weighted by molar-refractivity contribution is 0.102. The largest absolute Gasteiger partial charge is 0.487 e. The molecule has 1 amide bonds. The Morgan fingerprint density at radius 1 is 1.18 bits per heavy atom. The van der Waals surface area contributed by atoms with Gasteiger partial charge in [0.05, 0.1) is 34.4 Å². The maximum absolute atomic E-state index is 13.9. The van der Waals surface area contributed by atoms with E-state index in [1.165, 1.54) is 18.3 Å². The molecule has 1 aromatic heterocycles. The van der Waals surface area contributed by atoms with Crippen molar-refractivity contribution in [2.45, 2.75) is 32.8 Å². The third kappa shape index (κ3) is 5.12. The number of piperidine rings is 1. The zero-order valence-electron chi connectivity index (χ0n) is 18.8. The van der Waals surface area contributed by atoms with Crippen molar-refractivity contribution < 1.29 is 18.3 Å². The number of halogens is 2. The second kappa shape index (κ2) is 9.83. The monoisotopic (exact) mass is 463 g/mol. The van der Waals surface area contributed by atoms with Crippen molar-refractivity contribution >= 4 is 17.3 Å². The van der Waals surface area contributed by atoms with E-state index in [1.54, 1.807) is 32.0 Å². The molecule has 7 nitrogen and oxygen atoms in total. The van der Waals surface area contributed by atoms with Gasteiger partial charge in [0.25, 0.3) is 5.91 Å². The van der Waals surface area contributed by atoms with E-state index in [0.717, 1.165) is 11.8 Å². The van der Waals surface area contributed by atoms with Crippen LogP contribution in [0.1, 0.15) is 40.3 Å². The van der Waals surface area contributed by atoms with Gasteiger partial charge in [-0.15, -0.1) is 0 Å². The van der Waals surface area contributed by atoms with E-state index < -0.39 is 17.5 Å². The van der Waals surface area contributed by atoms with Crippen LogP contribution >= 0.6 is 0 Å². The fourth-order valence-electron chi connectivity index (χ4n) is 3.95. The Balaban J connectivity index is 1.49. The molecule has 174 valence electrons. The Labute approximate surface area is 196 Å². The Hall–Kier alpha value is -4.06. The molecule has 0 unspecified atom stereocenters. The van der Waals surface area contributed by atoms with Crippen molar-refractivity contribution in [3.63, 3.8) is 0 Å². The number of rotatable bonds is 5. The van der Waals surface area contributed by atoms with Gasteiger partial charge >= 0.3 is 0 Å². The molecule has 2 heterocycles. The summed E-state index contributed by atoms with van der Waals surface area (Å²) in [5.74, 6) is -1.76. The molecule has 0 spiro atoms. The molecule has 1 aliphatic heterocycles. The van der Waals surface area contributed by atoms with Crippen LogP contribution in [0.2, 0.25) is 0 Å². The first-order chi connectivity index (χ1) is 16.3. The first-order valence-corrected chi connectivity index (χ1v) is 10.9. The molecule has 34 heavy (non-hydrogen) atoms. The van der Waals surface area contributed by atoms with Gasteiger partial charge < -0.3 is 15.0 Å². The van der Waals surface area contributed by atoms with Gasteiger partial charge in [-0.25, -0.2) is 13.8 Å². The van der Waals surface area contributed by atoms with Gasteiger partial charge in [0, 0.05) is 38.2 Å². The lowest BCUT2D eigenvalue weighted by Crippen LogP contribution is -2.38. The summed E-state index contributed by atoms with van der Waals surface area (Å²) in [5.41, 5.74) is 3.11. The van der Waals surface area contributed by atoms with Crippen LogP contribution in [0.5, 0.6) is 5.75 Å². The van der Waals surface area contributed by atoms with E-state index >= 15 is 0 Å². The molecule has 9 heteroatoms. The number of ether oxygens (including phenoxy) is 1. The lowest BCUT2D eigenvalue weighted by Gasteiger charge is -2.34. The van der Waals surface area contributed by atoms with Gasteiger partial charge in [-0.05, 0) is 44.2 Å². The summed E-state index contributed by atoms with van der Waals surface area (Å²) in [4.78, 5) is 23.5. The second-order valence-electron chi connectivity index (χ2n) is 8.12. The smallest absolute Gasteiger partial charge is 0.276 e. The maximum Gasteiger partial charge on any atom is 0.276 e. The zero-order valence-corrected chi connectivity index (χ0v) is 18.8. The SMILES string of the molecule is Cc1cnc(C(=O)Nc2cc(C#N)ccc2N2CCC(Oc3ccc(F)cc3F)CC2)c(C)n1. The van der Waals surface area contributed by atoms with Crippen LogP contribution in [0.25, 0.3) is 0 Å². The fraction of sp³-hybridized carbons (Fsp3) is 0.280. The summed E-state index contributed by atoms with van der Waals surface area (Å²) in [6.07, 6.45) is 2.51. The number of hydrogen-bond donors (Lipinski definition) is 1. The van der Waals surface area contributed by atoms with Gasteiger partial charge in [0.1, 0.15) is 17.6 Å². The normalized spacial score (nSPS) is 13.9. The Morgan fingerprint density at radius 3 is 2.62 bits per heavy atom. The molecule has 0 saturated carbocycles. The quantitative estimate of drug-likeness (QED) is 0.597. The number of anilines is 2. The van der Waals surface area contributed by atoms with Crippen molar-refractivity contribution in [2.24, 2.45) is 0 Å². The molecule has 3 aromatic rings. The molecule has 1 aliphatic rings. The molecule has 1 N–H and O–H groups in total. The highest BCUT2D eigenvalue weighted by Gasteiger charge is 2.24. The third-order valence-electron chi connectivity index (χ3n) is 5.63. The molecular formula is C25H23F2N5O2. The standard InChI is InChI=1S/C25H23F2N5O2/c1-15-14-29-24(16(2)30-15)25(33)31-21-11-17(13-28)3-5-22(21)32-9-7-19(8-10-32)34-23-6-4-18(26)12-20(23)27/h3-6,11-12,14,19H,7-10H2,1-2H3,(H,31,33). The highest BCUT2D eigenvalue weighted by Crippen LogP contribution is 2.31. The Morgan fingerprint density at radius 2 is 1.94 bits per heavy atom. The maximum atomic E-state index is 13.9. The summed E-state index contributed by atoms with van der Waals surface area (Å²) in [7, 11) is 0. The van der Waals surface area contributed by atoms with Crippen LogP contribution in [-0.2, 0) is 0 Å². The molecule has 4 rings (SSSR count). The van der Waals surface area contributed by atoms with E-state index in [9.17, 15) is 18.8 Å². The number of aromatic nitrogens is 2. The number of benzene rings is 2. The molecule has 1 saturated heterocycles. The van der Waals surface area contributed by atoms with E-state index in [1.807, 2.05) is 0 Å². The summed E-state index contributed by atoms with van der Waals surface area (Å²) in [5, 5.41) is 12.2. The number of carbonyl (C=O) groups is 1. The average Bonchev–Trinajstić information content (AvgIpc) is 2.81. The highest BCUT2D eigenvalue weighted by atomic mass is 19.1. The van der Waals surface area contributed by atoms with E-state index in [-0.39, 0.29) is 17.5 Å². The molecule has 0 aliphatic carbocycles. The van der Waals surface area contributed by atoms with E-state index in [0.29, 0.717) is 48.6 Å². The predicted molar refractivity (Wildman–Crippen MR) is 123 cm³/mol. The first kappa shape index (κ1) is 23.1. The minimum absolute atomic E-state index is 0.0285. The van der Waals surface area contributed by atoms with Crippen molar-refractivity contribution in [1.82, 2.24) is 9.97 Å². The fourth-order valence-corrected chi connectivity index (χ4v) is 3.95. The van der Waals surface area contributed by atoms with Gasteiger partial charge in [-0.3, -0.25) is 9.78 Å². The number of amides is 1. The minimum atomic E-state index is -0.728. The summed E-state index contributed by atoms with van der Waals surface area (Å²) >= 11 is 0. The molecule has 2 aromatic carbocycles. The van der Waals surface area contributed by atoms with Crippen LogP contribution in [0, 0.1) is 36.8 Å². The summed E-state index contributed by atoms with van der Waals surface area (Å²) in [6, 6.07) is 10.5. The van der Waals surface area contributed by atoms with Gasteiger partial charge in [0.2, 0.25) is 0 Å². The van der Waals surface area contributed by atoms with Crippen LogP contribution in [0.15, 0.2) is 42.6 Å². The average molecular weight is 463 g/mol. The van der Waals surface area contributed by atoms with Crippen LogP contribution in [-0.4, -0.2) is 35.1 Å². The van der Waals surface area contributed by atoms with Crippen molar-refractivity contribution in [3.8, 4) is 11.8 Å². The number of aryl methyl sites for hydroxylation is 2. The summed E-state index contributed by atoms with van der Waals surface area (Å²) in [6.45, 7) is 4.70. The van der Waals surface area contributed by atoms with Crippen LogP contribution < -0.4 is 15.0 Å². The first-order valence-electron chi connectivity index (χ1n) is 10.9. The number of carbonyl (C=O) groups excluding carboxylic acids is 1. The number of hydrogen-bond acceptors (Lipinski definition) is 6. The van der Waals surface area contributed by atoms with Crippen molar-refractivity contribution in [1.29, 1.82) is 5.26 Å². The molecule has 0 bridgehead atoms. The summed E-state index contributed by atoms with van der Waals surface area (Å²) < 4.78 is 32.8. The van der Waals surface area contributed by atoms with Gasteiger partial charge in [0.15, 0.2) is 11.6 Å². The van der Waals surface area contributed by atoms with Crippen molar-refractivity contribution in [2.75, 3.05) is 23.3 Å². The lowest BCUT2D eigenvalue weighted by atomic mass is 10.1. The van der Waals surface area contributed by atoms with Crippen molar-refractivity contribution in [3.05, 3.63) is 76.9 Å². The number of nitrogens with zero attached hydrogens (tertiary/aromatic N) is 4. The van der Waals surface area contributed by atoms with Crippen LogP contribution in [0.3, 0.4) is 0 Å². The third-order valence-corrected chi connectivity index (χ3v) is 5.63. The zero-order chi connectivity index (χ0) is 24.2. The second-order valence-corrected chi connectivity index (χ2v) is 8.12. The molecule has 1 fully saturated rings. The topological polar surface area (TPSA) is 91.1 Å². The minimum Gasteiger partial charge on any atom is -0.487 e. The predicted octanol–water partition coefficient (Wildman–Crippen LogP) is 4.54. The Kier molecular flexibility index (Phi) is 6.68. The Bertz CT molecular complexity index is 1270. The number of nitrogens with one attached hydrogen (secondary N) is 1. The highest BCUT2D eigenvalue weighted by molar-refractivity contribution is 6.05. The molecule has 0 radical (unpaired) electrons. The molecular weight excluding hydrogens is 440 g/mol. The molecule has 0 atom stereocenters. The van der Waals surface area contributed by atoms with E-state index in [2.05, 4.69) is 26.3 Å².